The molecular formula is C10H20O2. The van der Waals surface area contributed by atoms with E-state index in [9.17, 15) is 4.79 Å². The quantitative estimate of drug-likeness (QED) is 0.510. The van der Waals surface area contributed by atoms with Gasteiger partial charge in [-0.15, -0.1) is 6.58 Å². The zero-order valence-corrected chi connectivity index (χ0v) is 8.18. The Kier molecular flexibility index (Phi) is 14.8. The average Bonchev–Trinajstić information content (AvgIpc) is 2.02. The Bertz CT molecular complexity index is 108. The molecule has 0 amide bonds. The van der Waals surface area contributed by atoms with Crippen LogP contribution in [-0.2, 0) is 4.79 Å². The molecule has 0 aromatic carbocycles. The van der Waals surface area contributed by atoms with E-state index in [1.165, 1.54) is 19.3 Å². The van der Waals surface area contributed by atoms with Crippen LogP contribution in [-0.4, -0.2) is 11.1 Å². The molecule has 0 saturated carbocycles. The fourth-order valence-electron chi connectivity index (χ4n) is 0.562. The van der Waals surface area contributed by atoms with Crippen molar-refractivity contribution in [3.8, 4) is 0 Å². The van der Waals surface area contributed by atoms with Gasteiger partial charge in [0.05, 0.1) is 0 Å². The lowest BCUT2D eigenvalue weighted by Gasteiger charge is -1.81. The van der Waals surface area contributed by atoms with Crippen molar-refractivity contribution in [1.82, 2.24) is 0 Å². The van der Waals surface area contributed by atoms with Gasteiger partial charge in [-0.1, -0.05) is 32.8 Å². The van der Waals surface area contributed by atoms with Gasteiger partial charge in [0.2, 0.25) is 0 Å². The van der Waals surface area contributed by atoms with Crippen molar-refractivity contribution >= 4 is 5.97 Å². The lowest BCUT2D eigenvalue weighted by atomic mass is 10.3. The third kappa shape index (κ3) is 22.9. The Morgan fingerprint density at radius 1 is 1.42 bits per heavy atom. The fourth-order valence-corrected chi connectivity index (χ4v) is 0.562. The lowest BCUT2D eigenvalue weighted by molar-refractivity contribution is -0.137. The average molecular weight is 172 g/mol. The summed E-state index contributed by atoms with van der Waals surface area (Å²) >= 11 is 0. The second-order valence-electron chi connectivity index (χ2n) is 2.57. The Morgan fingerprint density at radius 3 is 2.08 bits per heavy atom. The molecule has 0 aromatic rings. The van der Waals surface area contributed by atoms with Crippen molar-refractivity contribution in [2.24, 2.45) is 0 Å². The number of carboxylic acid groups (broad SMARTS) is 1. The minimum Gasteiger partial charge on any atom is -0.481 e. The van der Waals surface area contributed by atoms with Crippen LogP contribution in [0, 0.1) is 0 Å². The molecule has 0 saturated heterocycles. The molecule has 0 aromatic heterocycles. The van der Waals surface area contributed by atoms with Crippen molar-refractivity contribution in [2.75, 3.05) is 0 Å². The Balaban J connectivity index is 0. The largest absolute Gasteiger partial charge is 0.481 e. The number of hydrogen-bond acceptors (Lipinski definition) is 1. The molecule has 0 fully saturated rings. The van der Waals surface area contributed by atoms with Gasteiger partial charge in [0.1, 0.15) is 0 Å². The lowest BCUT2D eigenvalue weighted by Crippen LogP contribution is -1.90. The van der Waals surface area contributed by atoms with Gasteiger partial charge in [-0.2, -0.15) is 0 Å². The van der Waals surface area contributed by atoms with Gasteiger partial charge in [0.15, 0.2) is 0 Å². The smallest absolute Gasteiger partial charge is 0.303 e. The van der Waals surface area contributed by atoms with Gasteiger partial charge in [-0.3, -0.25) is 4.79 Å². The predicted octanol–water partition coefficient (Wildman–Crippen LogP) is 3.23. The van der Waals surface area contributed by atoms with Crippen LogP contribution in [0.2, 0.25) is 0 Å². The zero-order valence-electron chi connectivity index (χ0n) is 8.18. The summed E-state index contributed by atoms with van der Waals surface area (Å²) in [5.74, 6) is -0.711. The van der Waals surface area contributed by atoms with Gasteiger partial charge in [0.25, 0.3) is 0 Å². The van der Waals surface area contributed by atoms with E-state index in [1.807, 2.05) is 13.0 Å². The van der Waals surface area contributed by atoms with E-state index < -0.39 is 5.97 Å². The number of carbonyl (C=O) groups is 1. The molecule has 12 heavy (non-hydrogen) atoms. The van der Waals surface area contributed by atoms with Gasteiger partial charge in [-0.25, -0.2) is 0 Å². The van der Waals surface area contributed by atoms with E-state index in [0.29, 0.717) is 6.42 Å². The van der Waals surface area contributed by atoms with Gasteiger partial charge < -0.3 is 5.11 Å². The van der Waals surface area contributed by atoms with E-state index in [4.69, 9.17) is 5.11 Å². The second kappa shape index (κ2) is 12.8. The first-order valence-electron chi connectivity index (χ1n) is 4.51. The Morgan fingerprint density at radius 2 is 2.00 bits per heavy atom. The van der Waals surface area contributed by atoms with Crippen LogP contribution in [0.15, 0.2) is 12.7 Å². The number of unbranched alkanes of at least 4 members (excludes halogenated alkanes) is 2. The molecule has 0 bridgehead atoms. The summed E-state index contributed by atoms with van der Waals surface area (Å²) in [4.78, 5) is 9.60. The highest BCUT2D eigenvalue weighted by atomic mass is 16.4. The first kappa shape index (κ1) is 13.8. The summed E-state index contributed by atoms with van der Waals surface area (Å²) in [7, 11) is 0. The van der Waals surface area contributed by atoms with E-state index in [-0.39, 0.29) is 0 Å². The molecule has 0 aliphatic rings. The number of aliphatic carboxylic acids is 1. The highest BCUT2D eigenvalue weighted by Crippen LogP contribution is 1.91. The number of allylic oxidation sites excluding steroid dienone is 1. The molecule has 0 radical (unpaired) electrons. The SMILES string of the molecule is C=CCCCC.CCCC(=O)O. The molecule has 0 aliphatic heterocycles. The van der Waals surface area contributed by atoms with Crippen molar-refractivity contribution in [3.63, 3.8) is 0 Å². The number of carboxylic acids is 1. The molecular weight excluding hydrogens is 152 g/mol. The third-order valence-corrected chi connectivity index (χ3v) is 1.23. The number of hydrogen-bond donors (Lipinski definition) is 1. The van der Waals surface area contributed by atoms with Gasteiger partial charge in [-0.05, 0) is 12.8 Å². The monoisotopic (exact) mass is 172 g/mol. The van der Waals surface area contributed by atoms with E-state index in [1.54, 1.807) is 0 Å². The third-order valence-electron chi connectivity index (χ3n) is 1.23. The molecule has 0 rings (SSSR count). The van der Waals surface area contributed by atoms with Crippen LogP contribution in [0.1, 0.15) is 46.0 Å². The first-order chi connectivity index (χ1) is 5.68. The molecule has 72 valence electrons. The van der Waals surface area contributed by atoms with Crippen molar-refractivity contribution < 1.29 is 9.90 Å². The Labute approximate surface area is 75.3 Å². The summed E-state index contributed by atoms with van der Waals surface area (Å²) in [5, 5.41) is 7.91. The molecule has 2 nitrogen and oxygen atoms in total. The van der Waals surface area contributed by atoms with E-state index >= 15 is 0 Å². The fraction of sp³-hybridized carbons (Fsp3) is 0.700. The van der Waals surface area contributed by atoms with Crippen LogP contribution in [0.5, 0.6) is 0 Å². The number of rotatable bonds is 5. The molecule has 0 unspecified atom stereocenters. The normalized spacial score (nSPS) is 8.17. The predicted molar refractivity (Wildman–Crippen MR) is 52.3 cm³/mol. The molecule has 0 aliphatic carbocycles. The topological polar surface area (TPSA) is 37.3 Å². The van der Waals surface area contributed by atoms with Gasteiger partial charge in [0, 0.05) is 6.42 Å². The maximum Gasteiger partial charge on any atom is 0.303 e. The summed E-state index contributed by atoms with van der Waals surface area (Å²) in [6.45, 7) is 7.62. The highest BCUT2D eigenvalue weighted by Gasteiger charge is 1.87. The van der Waals surface area contributed by atoms with Crippen LogP contribution >= 0.6 is 0 Å². The van der Waals surface area contributed by atoms with Crippen molar-refractivity contribution in [1.29, 1.82) is 0 Å². The van der Waals surface area contributed by atoms with Gasteiger partial charge >= 0.3 is 5.97 Å². The van der Waals surface area contributed by atoms with Crippen molar-refractivity contribution in [3.05, 3.63) is 12.7 Å². The summed E-state index contributed by atoms with van der Waals surface area (Å²) < 4.78 is 0. The standard InChI is InChI=1S/C6H12.C4H8O2/c1-3-5-6-4-2;1-2-3-4(5)6/h3H,1,4-6H2,2H3;2-3H2,1H3,(H,5,6). The molecule has 0 heterocycles. The summed E-state index contributed by atoms with van der Waals surface area (Å²) in [6, 6.07) is 0. The maximum atomic E-state index is 9.60. The van der Waals surface area contributed by atoms with Crippen molar-refractivity contribution in [2.45, 2.75) is 46.0 Å². The minimum absolute atomic E-state index is 0.292. The van der Waals surface area contributed by atoms with Crippen LogP contribution in [0.3, 0.4) is 0 Å². The maximum absolute atomic E-state index is 9.60. The molecule has 0 atom stereocenters. The first-order valence-corrected chi connectivity index (χ1v) is 4.51. The molecule has 1 N–H and O–H groups in total. The van der Waals surface area contributed by atoms with Crippen LogP contribution < -0.4 is 0 Å². The summed E-state index contributed by atoms with van der Waals surface area (Å²) in [5.41, 5.74) is 0. The second-order valence-corrected chi connectivity index (χ2v) is 2.57. The minimum atomic E-state index is -0.711. The van der Waals surface area contributed by atoms with Crippen LogP contribution in [0.25, 0.3) is 0 Å². The molecule has 0 spiro atoms. The zero-order chi connectivity index (χ0) is 9.82. The summed E-state index contributed by atoms with van der Waals surface area (Å²) in [6.07, 6.45) is 6.74. The Hall–Kier alpha value is -0.790. The van der Waals surface area contributed by atoms with Crippen LogP contribution in [0.4, 0.5) is 0 Å². The van der Waals surface area contributed by atoms with E-state index in [2.05, 4.69) is 13.5 Å². The van der Waals surface area contributed by atoms with E-state index in [0.717, 1.165) is 6.42 Å². The highest BCUT2D eigenvalue weighted by molar-refractivity contribution is 5.66. The molecule has 2 heteroatoms.